The molecule has 0 amide bonds. The number of aliphatic carboxylic acids is 2. The molecule has 1 atom stereocenters. The number of fused-ring (bicyclic) bond motifs is 10. The van der Waals surface area contributed by atoms with Crippen LogP contribution in [-0.2, 0) is 15.0 Å². The molecule has 3 aliphatic rings. The van der Waals surface area contributed by atoms with Crippen LogP contribution < -0.4 is 0 Å². The number of hydrogen-bond acceptors (Lipinski definition) is 2. The summed E-state index contributed by atoms with van der Waals surface area (Å²) >= 11 is 0. The van der Waals surface area contributed by atoms with E-state index in [0.717, 1.165) is 39.0 Å². The first-order valence-corrected chi connectivity index (χ1v) is 10.2. The number of carbonyl (C=O) groups is 2. The van der Waals surface area contributed by atoms with Crippen molar-refractivity contribution in [1.29, 1.82) is 0 Å². The zero-order valence-corrected chi connectivity index (χ0v) is 16.4. The molecule has 4 nitrogen and oxygen atoms in total. The van der Waals surface area contributed by atoms with Crippen molar-refractivity contribution in [3.8, 4) is 11.1 Å². The van der Waals surface area contributed by atoms with Crippen LogP contribution in [0.15, 0.2) is 96.6 Å². The third-order valence-electron chi connectivity index (χ3n) is 7.06. The molecule has 1 unspecified atom stereocenters. The summed E-state index contributed by atoms with van der Waals surface area (Å²) in [5.74, 6) is -2.94. The minimum absolute atomic E-state index is 0.178. The van der Waals surface area contributed by atoms with Crippen molar-refractivity contribution in [1.82, 2.24) is 0 Å². The number of carboxylic acid groups (broad SMARTS) is 2. The Morgan fingerprint density at radius 3 is 1.81 bits per heavy atom. The van der Waals surface area contributed by atoms with E-state index in [0.29, 0.717) is 0 Å². The van der Waals surface area contributed by atoms with E-state index in [-0.39, 0.29) is 5.92 Å². The second-order valence-electron chi connectivity index (χ2n) is 8.34. The topological polar surface area (TPSA) is 74.6 Å². The standard InChI is InChI=1S/C27H18O4/c28-24(29)26(25(30)31)14-13-19-18-9-3-6-12-22(18)27(23(19)15-26)20-10-4-1-7-16(20)17-8-2-5-11-21(17)27/h1-15,19H,(H,28,29)(H,30,31). The Kier molecular flexibility index (Phi) is 3.36. The lowest BCUT2D eigenvalue weighted by Gasteiger charge is -2.35. The van der Waals surface area contributed by atoms with Crippen LogP contribution in [0.5, 0.6) is 0 Å². The highest BCUT2D eigenvalue weighted by molar-refractivity contribution is 6.04. The number of rotatable bonds is 2. The fourth-order valence-corrected chi connectivity index (χ4v) is 5.81. The van der Waals surface area contributed by atoms with Gasteiger partial charge in [0.25, 0.3) is 0 Å². The van der Waals surface area contributed by atoms with E-state index in [9.17, 15) is 19.8 Å². The van der Waals surface area contributed by atoms with Crippen molar-refractivity contribution >= 4 is 11.9 Å². The lowest BCUT2D eigenvalue weighted by Crippen LogP contribution is -2.39. The van der Waals surface area contributed by atoms with Gasteiger partial charge in [-0.15, -0.1) is 0 Å². The Balaban J connectivity index is 1.79. The van der Waals surface area contributed by atoms with Gasteiger partial charge in [-0.05, 0) is 39.0 Å². The van der Waals surface area contributed by atoms with E-state index in [1.165, 1.54) is 12.2 Å². The Bertz CT molecular complexity index is 1300. The first-order chi connectivity index (χ1) is 15.0. The summed E-state index contributed by atoms with van der Waals surface area (Å²) in [6.45, 7) is 0. The molecule has 0 saturated carbocycles. The highest BCUT2D eigenvalue weighted by atomic mass is 16.4. The van der Waals surface area contributed by atoms with Gasteiger partial charge >= 0.3 is 11.9 Å². The molecule has 31 heavy (non-hydrogen) atoms. The van der Waals surface area contributed by atoms with Gasteiger partial charge in [-0.3, -0.25) is 9.59 Å². The molecule has 4 heteroatoms. The minimum atomic E-state index is -2.09. The van der Waals surface area contributed by atoms with Gasteiger partial charge in [-0.1, -0.05) is 91.0 Å². The van der Waals surface area contributed by atoms with Gasteiger partial charge in [0.2, 0.25) is 5.41 Å². The van der Waals surface area contributed by atoms with Crippen molar-refractivity contribution in [2.75, 3.05) is 0 Å². The Morgan fingerprint density at radius 2 is 1.23 bits per heavy atom. The van der Waals surface area contributed by atoms with E-state index in [1.54, 1.807) is 6.08 Å². The maximum atomic E-state index is 12.2. The van der Waals surface area contributed by atoms with Crippen LogP contribution >= 0.6 is 0 Å². The summed E-state index contributed by atoms with van der Waals surface area (Å²) < 4.78 is 0. The molecule has 0 aliphatic heterocycles. The van der Waals surface area contributed by atoms with Gasteiger partial charge in [0, 0.05) is 5.92 Å². The lowest BCUT2D eigenvalue weighted by molar-refractivity contribution is -0.157. The molecular weight excluding hydrogens is 388 g/mol. The highest BCUT2D eigenvalue weighted by Gasteiger charge is 2.58. The Morgan fingerprint density at radius 1 is 0.710 bits per heavy atom. The summed E-state index contributed by atoms with van der Waals surface area (Å²) in [7, 11) is 0. The number of hydrogen-bond donors (Lipinski definition) is 2. The summed E-state index contributed by atoms with van der Waals surface area (Å²) in [4.78, 5) is 24.4. The first-order valence-electron chi connectivity index (χ1n) is 10.2. The van der Waals surface area contributed by atoms with Gasteiger partial charge < -0.3 is 10.2 Å². The van der Waals surface area contributed by atoms with Crippen molar-refractivity contribution in [3.63, 3.8) is 0 Å². The third-order valence-corrected chi connectivity index (χ3v) is 7.06. The molecule has 0 fully saturated rings. The summed E-state index contributed by atoms with van der Waals surface area (Å²) in [6.07, 6.45) is 4.57. The van der Waals surface area contributed by atoms with Crippen LogP contribution in [0.1, 0.15) is 28.2 Å². The predicted octanol–water partition coefficient (Wildman–Crippen LogP) is 4.75. The maximum absolute atomic E-state index is 12.2. The highest BCUT2D eigenvalue weighted by Crippen LogP contribution is 2.65. The van der Waals surface area contributed by atoms with Crippen molar-refractivity contribution in [2.45, 2.75) is 11.3 Å². The Hall–Kier alpha value is -3.92. The van der Waals surface area contributed by atoms with Crippen molar-refractivity contribution in [2.24, 2.45) is 5.41 Å². The molecule has 3 aliphatic carbocycles. The molecule has 1 spiro atoms. The average molecular weight is 406 g/mol. The molecule has 3 aromatic rings. The van der Waals surface area contributed by atoms with E-state index < -0.39 is 22.8 Å². The summed E-state index contributed by atoms with van der Waals surface area (Å²) in [5, 5.41) is 19.9. The third kappa shape index (κ3) is 1.95. The molecule has 2 N–H and O–H groups in total. The predicted molar refractivity (Wildman–Crippen MR) is 116 cm³/mol. The van der Waals surface area contributed by atoms with Crippen LogP contribution in [0, 0.1) is 5.41 Å². The number of carboxylic acids is 2. The zero-order valence-electron chi connectivity index (χ0n) is 16.4. The van der Waals surface area contributed by atoms with Crippen molar-refractivity contribution in [3.05, 3.63) is 119 Å². The average Bonchev–Trinajstić information content (AvgIpc) is 3.25. The smallest absolute Gasteiger partial charge is 0.328 e. The van der Waals surface area contributed by atoms with Gasteiger partial charge in [0.1, 0.15) is 0 Å². The van der Waals surface area contributed by atoms with E-state index in [1.807, 2.05) is 36.4 Å². The van der Waals surface area contributed by atoms with Crippen LogP contribution in [0.4, 0.5) is 0 Å². The second-order valence-corrected chi connectivity index (χ2v) is 8.34. The monoisotopic (exact) mass is 406 g/mol. The second kappa shape index (κ2) is 5.82. The van der Waals surface area contributed by atoms with Crippen LogP contribution in [0.2, 0.25) is 0 Å². The van der Waals surface area contributed by atoms with Gasteiger partial charge in [0.05, 0.1) is 5.41 Å². The molecule has 3 aromatic carbocycles. The molecule has 0 bridgehead atoms. The van der Waals surface area contributed by atoms with Crippen LogP contribution in [-0.4, -0.2) is 22.2 Å². The summed E-state index contributed by atoms with van der Waals surface area (Å²) in [6, 6.07) is 24.4. The largest absolute Gasteiger partial charge is 0.480 e. The van der Waals surface area contributed by atoms with E-state index in [4.69, 9.17) is 0 Å². The normalized spacial score (nSPS) is 20.4. The van der Waals surface area contributed by atoms with Crippen molar-refractivity contribution < 1.29 is 19.8 Å². The molecular formula is C27H18O4. The number of allylic oxidation sites excluding steroid dienone is 2. The fraction of sp³-hybridized carbons (Fsp3) is 0.111. The lowest BCUT2D eigenvalue weighted by atomic mass is 9.66. The molecule has 0 saturated heterocycles. The molecule has 0 heterocycles. The van der Waals surface area contributed by atoms with Crippen LogP contribution in [0.25, 0.3) is 11.1 Å². The van der Waals surface area contributed by atoms with Gasteiger partial charge in [0.15, 0.2) is 0 Å². The van der Waals surface area contributed by atoms with E-state index >= 15 is 0 Å². The minimum Gasteiger partial charge on any atom is -0.480 e. The number of benzene rings is 3. The Labute approximate surface area is 178 Å². The van der Waals surface area contributed by atoms with Crippen LogP contribution in [0.3, 0.4) is 0 Å². The molecule has 6 rings (SSSR count). The van der Waals surface area contributed by atoms with Gasteiger partial charge in [-0.2, -0.15) is 0 Å². The summed E-state index contributed by atoms with van der Waals surface area (Å²) in [5.41, 5.74) is 4.50. The SMILES string of the molecule is O=C(O)C1(C(=O)O)C=CC2C(=C1)C1(c3ccccc3-c3ccccc31)c1ccccc12. The molecule has 150 valence electrons. The van der Waals surface area contributed by atoms with Gasteiger partial charge in [-0.25, -0.2) is 0 Å². The molecule has 0 aromatic heterocycles. The molecule has 0 radical (unpaired) electrons. The zero-order chi connectivity index (χ0) is 21.4. The van der Waals surface area contributed by atoms with E-state index in [2.05, 4.69) is 36.4 Å². The maximum Gasteiger partial charge on any atom is 0.328 e. The fourth-order valence-electron chi connectivity index (χ4n) is 5.81. The first kappa shape index (κ1) is 17.9. The quantitative estimate of drug-likeness (QED) is 0.476.